The summed E-state index contributed by atoms with van der Waals surface area (Å²) in [6.45, 7) is -1.35. The molecule has 1 aromatic rings. The maximum atomic E-state index is 12.3. The number of rotatable bonds is 7. The van der Waals surface area contributed by atoms with E-state index in [0.29, 0.717) is 0 Å². The van der Waals surface area contributed by atoms with Crippen LogP contribution >= 0.6 is 15.9 Å². The molecule has 0 bridgehead atoms. The minimum absolute atomic E-state index is 0.0783. The van der Waals surface area contributed by atoms with Crippen LogP contribution in [0, 0.1) is 10.1 Å². The molecule has 0 spiro atoms. The lowest BCUT2D eigenvalue weighted by atomic mass is 10.1. The third-order valence-corrected chi connectivity index (χ3v) is 3.06. The number of carbonyl (C=O) groups excluding carboxylic acids is 1. The highest BCUT2D eigenvalue weighted by atomic mass is 79.9. The Morgan fingerprint density at radius 3 is 2.57 bits per heavy atom. The number of benzene rings is 1. The van der Waals surface area contributed by atoms with Crippen molar-refractivity contribution in [2.24, 2.45) is 0 Å². The van der Waals surface area contributed by atoms with Crippen molar-refractivity contribution in [3.05, 3.63) is 33.4 Å². The average molecular weight is 368 g/mol. The normalized spacial score (nSPS) is 10.5. The number of carbonyl (C=O) groups is 1. The van der Waals surface area contributed by atoms with E-state index in [-0.39, 0.29) is 35.2 Å². The summed E-state index contributed by atoms with van der Waals surface area (Å²) < 4.78 is 33.6. The SMILES string of the molecule is CCOC(=O)Cc1cc(CBr)c(OC(F)F)cc1[N+](=O)[O-]. The highest BCUT2D eigenvalue weighted by Gasteiger charge is 2.22. The molecule has 0 atom stereocenters. The van der Waals surface area contributed by atoms with Crippen LogP contribution in [-0.4, -0.2) is 24.1 Å². The van der Waals surface area contributed by atoms with E-state index in [1.54, 1.807) is 6.92 Å². The molecule has 0 aliphatic rings. The fourth-order valence-electron chi connectivity index (χ4n) is 1.65. The van der Waals surface area contributed by atoms with Crippen LogP contribution in [-0.2, 0) is 21.3 Å². The Labute approximate surface area is 127 Å². The van der Waals surface area contributed by atoms with Crippen molar-refractivity contribution in [3.8, 4) is 5.75 Å². The quantitative estimate of drug-likeness (QED) is 0.320. The Balaban J connectivity index is 3.22. The molecular formula is C12H12BrF2NO5. The summed E-state index contributed by atoms with van der Waals surface area (Å²) in [7, 11) is 0. The van der Waals surface area contributed by atoms with Gasteiger partial charge in [-0.2, -0.15) is 8.78 Å². The molecular weight excluding hydrogens is 356 g/mol. The van der Waals surface area contributed by atoms with Crippen LogP contribution in [0.4, 0.5) is 14.5 Å². The Bertz CT molecular complexity index is 539. The zero-order valence-corrected chi connectivity index (χ0v) is 12.6. The molecule has 116 valence electrons. The second kappa shape index (κ2) is 7.87. The van der Waals surface area contributed by atoms with E-state index >= 15 is 0 Å². The molecule has 0 radical (unpaired) electrons. The second-order valence-corrected chi connectivity index (χ2v) is 4.40. The Hall–Kier alpha value is -1.77. The molecule has 0 heterocycles. The first kappa shape index (κ1) is 17.3. The van der Waals surface area contributed by atoms with Gasteiger partial charge in [-0.15, -0.1) is 0 Å². The van der Waals surface area contributed by atoms with Crippen LogP contribution in [0.3, 0.4) is 0 Å². The van der Waals surface area contributed by atoms with E-state index in [4.69, 9.17) is 4.74 Å². The number of nitro benzene ring substituents is 1. The summed E-state index contributed by atoms with van der Waals surface area (Å²) in [6.07, 6.45) is -0.320. The average Bonchev–Trinajstić information content (AvgIpc) is 2.39. The summed E-state index contributed by atoms with van der Waals surface area (Å²) in [5, 5.41) is 11.1. The van der Waals surface area contributed by atoms with Gasteiger partial charge in [-0.05, 0) is 13.0 Å². The number of esters is 1. The predicted octanol–water partition coefficient (Wildman–Crippen LogP) is 3.20. The second-order valence-electron chi connectivity index (χ2n) is 3.84. The van der Waals surface area contributed by atoms with Crippen LogP contribution in [0.1, 0.15) is 18.1 Å². The molecule has 0 amide bonds. The number of hydrogen-bond donors (Lipinski definition) is 0. The molecule has 0 saturated carbocycles. The topological polar surface area (TPSA) is 78.7 Å². The fraction of sp³-hybridized carbons (Fsp3) is 0.417. The third-order valence-electron chi connectivity index (χ3n) is 2.46. The van der Waals surface area contributed by atoms with E-state index in [1.165, 1.54) is 6.07 Å². The van der Waals surface area contributed by atoms with Gasteiger partial charge in [0.15, 0.2) is 0 Å². The standard InChI is InChI=1S/C12H12BrF2NO5/c1-2-20-11(17)4-7-3-8(6-13)10(21-12(14)15)5-9(7)16(18)19/h3,5,12H,2,4,6H2,1H3. The van der Waals surface area contributed by atoms with Crippen LogP contribution in [0.5, 0.6) is 5.75 Å². The maximum absolute atomic E-state index is 12.3. The van der Waals surface area contributed by atoms with Gasteiger partial charge in [0.2, 0.25) is 0 Å². The van der Waals surface area contributed by atoms with E-state index in [9.17, 15) is 23.7 Å². The molecule has 6 nitrogen and oxygen atoms in total. The maximum Gasteiger partial charge on any atom is 0.387 e. The van der Waals surface area contributed by atoms with Crippen molar-refractivity contribution in [2.45, 2.75) is 25.3 Å². The van der Waals surface area contributed by atoms with Crippen molar-refractivity contribution in [3.63, 3.8) is 0 Å². The van der Waals surface area contributed by atoms with E-state index in [1.807, 2.05) is 0 Å². The molecule has 9 heteroatoms. The van der Waals surface area contributed by atoms with E-state index in [2.05, 4.69) is 20.7 Å². The van der Waals surface area contributed by atoms with Gasteiger partial charge in [0.25, 0.3) is 5.69 Å². The highest BCUT2D eigenvalue weighted by molar-refractivity contribution is 9.08. The lowest BCUT2D eigenvalue weighted by Crippen LogP contribution is -2.11. The number of hydrogen-bond acceptors (Lipinski definition) is 5. The minimum atomic E-state index is -3.10. The van der Waals surface area contributed by atoms with Gasteiger partial charge in [0.05, 0.1) is 24.0 Å². The van der Waals surface area contributed by atoms with E-state index in [0.717, 1.165) is 6.07 Å². The van der Waals surface area contributed by atoms with Gasteiger partial charge in [-0.3, -0.25) is 14.9 Å². The number of halogens is 3. The van der Waals surface area contributed by atoms with Crippen molar-refractivity contribution < 1.29 is 28.0 Å². The predicted molar refractivity (Wildman–Crippen MR) is 72.7 cm³/mol. The first-order valence-electron chi connectivity index (χ1n) is 5.85. The smallest absolute Gasteiger partial charge is 0.387 e. The van der Waals surface area contributed by atoms with Gasteiger partial charge >= 0.3 is 12.6 Å². The Kier molecular flexibility index (Phi) is 6.47. The highest BCUT2D eigenvalue weighted by Crippen LogP contribution is 2.32. The van der Waals surface area contributed by atoms with Gasteiger partial charge in [0, 0.05) is 16.5 Å². The van der Waals surface area contributed by atoms with Gasteiger partial charge < -0.3 is 9.47 Å². The molecule has 21 heavy (non-hydrogen) atoms. The summed E-state index contributed by atoms with van der Waals surface area (Å²) in [6, 6.07) is 2.17. The molecule has 0 saturated heterocycles. The van der Waals surface area contributed by atoms with Crippen molar-refractivity contribution in [2.75, 3.05) is 6.61 Å². The zero-order chi connectivity index (χ0) is 16.0. The lowest BCUT2D eigenvalue weighted by molar-refractivity contribution is -0.385. The first-order chi connectivity index (χ1) is 9.88. The van der Waals surface area contributed by atoms with Crippen LogP contribution in [0.2, 0.25) is 0 Å². The lowest BCUT2D eigenvalue weighted by Gasteiger charge is -2.11. The van der Waals surface area contributed by atoms with Crippen molar-refractivity contribution in [1.29, 1.82) is 0 Å². The van der Waals surface area contributed by atoms with Crippen LogP contribution in [0.25, 0.3) is 0 Å². The summed E-state index contributed by atoms with van der Waals surface area (Å²) >= 11 is 3.08. The first-order valence-corrected chi connectivity index (χ1v) is 6.97. The van der Waals surface area contributed by atoms with E-state index < -0.39 is 23.2 Å². The van der Waals surface area contributed by atoms with Crippen LogP contribution in [0.15, 0.2) is 12.1 Å². The number of ether oxygens (including phenoxy) is 2. The molecule has 0 aliphatic heterocycles. The van der Waals surface area contributed by atoms with Crippen molar-refractivity contribution >= 4 is 27.6 Å². The number of nitro groups is 1. The van der Waals surface area contributed by atoms with Gasteiger partial charge in [-0.1, -0.05) is 15.9 Å². The largest absolute Gasteiger partial charge is 0.466 e. The summed E-state index contributed by atoms with van der Waals surface area (Å²) in [4.78, 5) is 21.7. The molecule has 1 aromatic carbocycles. The Morgan fingerprint density at radius 2 is 2.10 bits per heavy atom. The number of nitrogens with zero attached hydrogens (tertiary/aromatic N) is 1. The Morgan fingerprint density at radius 1 is 1.43 bits per heavy atom. The fourth-order valence-corrected chi connectivity index (χ4v) is 2.09. The zero-order valence-electron chi connectivity index (χ0n) is 11.0. The molecule has 0 aromatic heterocycles. The summed E-state index contributed by atoms with van der Waals surface area (Å²) in [5.41, 5.74) is -0.113. The van der Waals surface area contributed by atoms with Gasteiger partial charge in [-0.25, -0.2) is 0 Å². The summed E-state index contributed by atoms with van der Waals surface area (Å²) in [5.74, 6) is -0.940. The molecule has 0 unspecified atom stereocenters. The van der Waals surface area contributed by atoms with Crippen molar-refractivity contribution in [1.82, 2.24) is 0 Å². The molecule has 1 rings (SSSR count). The monoisotopic (exact) mass is 367 g/mol. The minimum Gasteiger partial charge on any atom is -0.466 e. The molecule has 0 fully saturated rings. The molecule has 0 N–H and O–H groups in total. The third kappa shape index (κ3) is 4.92. The van der Waals surface area contributed by atoms with Gasteiger partial charge in [0.1, 0.15) is 5.75 Å². The molecule has 0 aliphatic carbocycles. The van der Waals surface area contributed by atoms with Crippen LogP contribution < -0.4 is 4.74 Å². The number of alkyl halides is 3.